The molecule has 21 heavy (non-hydrogen) atoms. The van der Waals surface area contributed by atoms with E-state index in [4.69, 9.17) is 0 Å². The van der Waals surface area contributed by atoms with E-state index in [1.54, 1.807) is 19.9 Å². The normalized spacial score (nSPS) is 13.0. The van der Waals surface area contributed by atoms with Gasteiger partial charge in [0.1, 0.15) is 6.29 Å². The second kappa shape index (κ2) is 6.23. The predicted octanol–water partition coefficient (Wildman–Crippen LogP) is 4.08. The average molecular weight is 281 g/mol. The summed E-state index contributed by atoms with van der Waals surface area (Å²) >= 11 is 0. The van der Waals surface area contributed by atoms with Crippen LogP contribution in [-0.4, -0.2) is 11.4 Å². The zero-order chi connectivity index (χ0) is 15.5. The maximum atomic E-state index is 11.0. The molecule has 0 spiro atoms. The Morgan fingerprint density at radius 1 is 1.19 bits per heavy atom. The van der Waals surface area contributed by atoms with Gasteiger partial charge < -0.3 is 5.11 Å². The molecule has 2 rings (SSSR count). The van der Waals surface area contributed by atoms with E-state index in [1.807, 2.05) is 42.5 Å². The van der Waals surface area contributed by atoms with Gasteiger partial charge in [-0.25, -0.2) is 0 Å². The summed E-state index contributed by atoms with van der Waals surface area (Å²) in [6, 6.07) is 15.4. The molecule has 0 heterocycles. The van der Waals surface area contributed by atoms with Crippen LogP contribution in [-0.2, 0) is 5.60 Å². The third-order valence-corrected chi connectivity index (χ3v) is 3.73. The lowest BCUT2D eigenvalue weighted by molar-refractivity contribution is 0.0773. The molecule has 0 bridgehead atoms. The van der Waals surface area contributed by atoms with Crippen molar-refractivity contribution in [2.75, 3.05) is 0 Å². The van der Waals surface area contributed by atoms with Crippen molar-refractivity contribution >= 4 is 6.29 Å². The van der Waals surface area contributed by atoms with Crippen LogP contribution in [0.2, 0.25) is 0 Å². The van der Waals surface area contributed by atoms with Gasteiger partial charge >= 0.3 is 0 Å². The van der Waals surface area contributed by atoms with E-state index in [0.29, 0.717) is 12.0 Å². The van der Waals surface area contributed by atoms with Gasteiger partial charge in [0.15, 0.2) is 0 Å². The number of benzene rings is 2. The van der Waals surface area contributed by atoms with E-state index in [9.17, 15) is 9.90 Å². The molecule has 0 aliphatic carbocycles. The average Bonchev–Trinajstić information content (AvgIpc) is 2.48. The molecule has 2 heteroatoms. The summed E-state index contributed by atoms with van der Waals surface area (Å²) in [5, 5.41) is 10.4. The zero-order valence-electron chi connectivity index (χ0n) is 12.5. The van der Waals surface area contributed by atoms with E-state index in [1.165, 1.54) is 0 Å². The van der Waals surface area contributed by atoms with E-state index < -0.39 is 5.60 Å². The summed E-state index contributed by atoms with van der Waals surface area (Å²) in [6.07, 6.45) is 1.51. The molecular weight excluding hydrogens is 260 g/mol. The molecule has 0 aliphatic heterocycles. The summed E-state index contributed by atoms with van der Waals surface area (Å²) in [4.78, 5) is 11.0. The number of hydrogen-bond donors (Lipinski definition) is 1. The lowest BCUT2D eigenvalue weighted by Crippen LogP contribution is -2.19. The predicted molar refractivity (Wildman–Crippen MR) is 85.3 cm³/mol. The molecule has 1 N–H and O–H groups in total. The van der Waals surface area contributed by atoms with Crippen LogP contribution in [0.15, 0.2) is 48.5 Å². The highest BCUT2D eigenvalue weighted by Gasteiger charge is 2.24. The van der Waals surface area contributed by atoms with Gasteiger partial charge in [-0.05, 0) is 43.0 Å². The van der Waals surface area contributed by atoms with Crippen molar-refractivity contribution < 1.29 is 9.90 Å². The van der Waals surface area contributed by atoms with Gasteiger partial charge in [-0.1, -0.05) is 49.4 Å². The van der Waals surface area contributed by atoms with Crippen LogP contribution in [0.5, 0.6) is 0 Å². The first-order valence-electron chi connectivity index (χ1n) is 7.13. The van der Waals surface area contributed by atoms with Gasteiger partial charge in [0.25, 0.3) is 0 Å². The third-order valence-electron chi connectivity index (χ3n) is 3.73. The first-order chi connectivity index (χ1) is 9.97. The fraction of sp³-hybridized carbons (Fsp3) is 0.263. The Morgan fingerprint density at radius 3 is 2.52 bits per heavy atom. The molecular formula is C19H21O2. The Labute approximate surface area is 126 Å². The van der Waals surface area contributed by atoms with E-state index >= 15 is 0 Å². The SMILES string of the molecule is [CH2]C[C@H](c1cccc(C=O)c1)c1ccccc1C(C)(C)O. The van der Waals surface area contributed by atoms with Crippen molar-refractivity contribution in [1.29, 1.82) is 0 Å². The second-order valence-electron chi connectivity index (χ2n) is 5.78. The maximum absolute atomic E-state index is 11.0. The fourth-order valence-electron chi connectivity index (χ4n) is 2.71. The fourth-order valence-corrected chi connectivity index (χ4v) is 2.71. The highest BCUT2D eigenvalue weighted by molar-refractivity contribution is 5.75. The van der Waals surface area contributed by atoms with Crippen LogP contribution in [0.4, 0.5) is 0 Å². The molecule has 0 unspecified atom stereocenters. The summed E-state index contributed by atoms with van der Waals surface area (Å²) < 4.78 is 0. The topological polar surface area (TPSA) is 37.3 Å². The first kappa shape index (κ1) is 15.5. The Balaban J connectivity index is 2.54. The van der Waals surface area contributed by atoms with Crippen LogP contribution in [0.25, 0.3) is 0 Å². The molecule has 0 aliphatic rings. The van der Waals surface area contributed by atoms with Crippen LogP contribution in [0, 0.1) is 6.92 Å². The molecule has 2 nitrogen and oxygen atoms in total. The molecule has 0 amide bonds. The lowest BCUT2D eigenvalue weighted by Gasteiger charge is -2.26. The summed E-state index contributed by atoms with van der Waals surface area (Å²) in [7, 11) is 0. The molecule has 2 aromatic carbocycles. The molecule has 2 aromatic rings. The summed E-state index contributed by atoms with van der Waals surface area (Å²) in [6.45, 7) is 7.62. The van der Waals surface area contributed by atoms with Crippen molar-refractivity contribution in [1.82, 2.24) is 0 Å². The van der Waals surface area contributed by atoms with Crippen molar-refractivity contribution in [3.63, 3.8) is 0 Å². The summed E-state index contributed by atoms with van der Waals surface area (Å²) in [5.74, 6) is 0.0625. The van der Waals surface area contributed by atoms with Crippen molar-refractivity contribution in [2.24, 2.45) is 0 Å². The van der Waals surface area contributed by atoms with Crippen molar-refractivity contribution in [3.05, 3.63) is 77.7 Å². The Bertz CT molecular complexity index is 623. The largest absolute Gasteiger partial charge is 0.386 e. The second-order valence-corrected chi connectivity index (χ2v) is 5.78. The quantitative estimate of drug-likeness (QED) is 0.838. The molecule has 0 aromatic heterocycles. The minimum atomic E-state index is -0.910. The molecule has 0 fully saturated rings. The standard InChI is InChI=1S/C19H21O2/c1-4-16(15-9-7-8-14(12-15)13-20)17-10-5-6-11-18(17)19(2,3)21/h5-13,16,21H,1,4H2,2-3H3/t16-/m1/s1. The van der Waals surface area contributed by atoms with E-state index in [2.05, 4.69) is 6.92 Å². The Kier molecular flexibility index (Phi) is 4.59. The third kappa shape index (κ3) is 3.40. The minimum absolute atomic E-state index is 0.0625. The van der Waals surface area contributed by atoms with E-state index in [-0.39, 0.29) is 5.92 Å². The van der Waals surface area contributed by atoms with Crippen molar-refractivity contribution in [3.8, 4) is 0 Å². The smallest absolute Gasteiger partial charge is 0.150 e. The van der Waals surface area contributed by atoms with Crippen LogP contribution in [0.1, 0.15) is 53.2 Å². The van der Waals surface area contributed by atoms with Gasteiger partial charge in [-0.2, -0.15) is 0 Å². The zero-order valence-corrected chi connectivity index (χ0v) is 12.5. The molecule has 0 saturated heterocycles. The van der Waals surface area contributed by atoms with Gasteiger partial charge in [0.2, 0.25) is 0 Å². The van der Waals surface area contributed by atoms with Gasteiger partial charge in [0, 0.05) is 11.5 Å². The van der Waals surface area contributed by atoms with E-state index in [0.717, 1.165) is 23.0 Å². The van der Waals surface area contributed by atoms with Crippen LogP contribution >= 0.6 is 0 Å². The lowest BCUT2D eigenvalue weighted by atomic mass is 9.81. The number of rotatable bonds is 5. The summed E-state index contributed by atoms with van der Waals surface area (Å²) in [5.41, 5.74) is 2.75. The first-order valence-corrected chi connectivity index (χ1v) is 7.13. The molecule has 0 saturated carbocycles. The highest BCUT2D eigenvalue weighted by Crippen LogP contribution is 2.34. The molecule has 1 atom stereocenters. The van der Waals surface area contributed by atoms with Crippen molar-refractivity contribution in [2.45, 2.75) is 31.8 Å². The highest BCUT2D eigenvalue weighted by atomic mass is 16.3. The number of aliphatic hydroxyl groups is 1. The number of aldehydes is 1. The van der Waals surface area contributed by atoms with Gasteiger partial charge in [-0.3, -0.25) is 4.79 Å². The van der Waals surface area contributed by atoms with Gasteiger partial charge in [-0.15, -0.1) is 0 Å². The minimum Gasteiger partial charge on any atom is -0.386 e. The molecule has 1 radical (unpaired) electrons. The van der Waals surface area contributed by atoms with Gasteiger partial charge in [0.05, 0.1) is 5.60 Å². The number of hydrogen-bond acceptors (Lipinski definition) is 2. The monoisotopic (exact) mass is 281 g/mol. The number of carbonyl (C=O) groups is 1. The molecule has 109 valence electrons. The Morgan fingerprint density at radius 2 is 1.90 bits per heavy atom. The Hall–Kier alpha value is -1.93. The van der Waals surface area contributed by atoms with Crippen LogP contribution in [0.3, 0.4) is 0 Å². The van der Waals surface area contributed by atoms with Crippen LogP contribution < -0.4 is 0 Å². The maximum Gasteiger partial charge on any atom is 0.150 e. The number of carbonyl (C=O) groups excluding carboxylic acids is 1.